The first-order chi connectivity index (χ1) is 16.4. The zero-order valence-corrected chi connectivity index (χ0v) is 20.8. The molecule has 2 aromatic carbocycles. The summed E-state index contributed by atoms with van der Waals surface area (Å²) in [7, 11) is 1.58. The minimum Gasteiger partial charge on any atom is -0.493 e. The molecule has 1 aromatic heterocycles. The van der Waals surface area contributed by atoms with E-state index < -0.39 is 12.0 Å². The van der Waals surface area contributed by atoms with Gasteiger partial charge in [-0.05, 0) is 53.0 Å². The molecule has 3 aromatic rings. The Morgan fingerprint density at radius 3 is 2.85 bits per heavy atom. The molecule has 1 aliphatic heterocycles. The fourth-order valence-corrected chi connectivity index (χ4v) is 4.45. The molecule has 9 heteroatoms. The van der Waals surface area contributed by atoms with Gasteiger partial charge in [-0.25, -0.2) is 9.48 Å². The van der Waals surface area contributed by atoms with E-state index in [4.69, 9.17) is 14.2 Å². The zero-order chi connectivity index (χ0) is 24.2. The summed E-state index contributed by atoms with van der Waals surface area (Å²) in [6.07, 6.45) is 2.96. The van der Waals surface area contributed by atoms with Crippen LogP contribution in [-0.4, -0.2) is 34.5 Å². The second-order valence-corrected chi connectivity index (χ2v) is 8.65. The van der Waals surface area contributed by atoms with Gasteiger partial charge < -0.3 is 19.5 Å². The lowest BCUT2D eigenvalue weighted by Gasteiger charge is -2.28. The molecule has 2 heterocycles. The molecule has 4 rings (SSSR count). The molecule has 1 N–H and O–H groups in total. The van der Waals surface area contributed by atoms with Crippen molar-refractivity contribution in [2.75, 3.05) is 19.0 Å². The van der Waals surface area contributed by atoms with Gasteiger partial charge in [0.1, 0.15) is 25.6 Å². The van der Waals surface area contributed by atoms with Crippen LogP contribution >= 0.6 is 15.9 Å². The van der Waals surface area contributed by atoms with E-state index in [9.17, 15) is 4.79 Å². The van der Waals surface area contributed by atoms with Gasteiger partial charge in [0.05, 0.1) is 17.2 Å². The normalized spacial score (nSPS) is 14.8. The van der Waals surface area contributed by atoms with Crippen LogP contribution in [0.5, 0.6) is 11.5 Å². The molecule has 0 amide bonds. The van der Waals surface area contributed by atoms with Crippen molar-refractivity contribution in [3.05, 3.63) is 87.8 Å². The molecule has 1 atom stereocenters. The summed E-state index contributed by atoms with van der Waals surface area (Å²) in [6.45, 7) is 7.95. The highest BCUT2D eigenvalue weighted by Crippen LogP contribution is 2.43. The molecule has 1 unspecified atom stereocenters. The van der Waals surface area contributed by atoms with Crippen molar-refractivity contribution in [1.82, 2.24) is 14.8 Å². The topological polar surface area (TPSA) is 87.5 Å². The Labute approximate surface area is 206 Å². The van der Waals surface area contributed by atoms with Gasteiger partial charge in [0.25, 0.3) is 0 Å². The number of allylic oxidation sites excluding steroid dienone is 1. The standard InChI is InChI=1S/C25H25BrN4O4/c1-5-9-33-24(31)21-16(3)29-25-27-14-28-30(25)22(21)18-11-19(26)23(20(12-18)32-4)34-13-17-8-6-7-15(2)10-17/h5-8,10-12,14,22H,1,9,13H2,2-4H3,(H,27,28,29). The van der Waals surface area contributed by atoms with Crippen molar-refractivity contribution in [2.24, 2.45) is 0 Å². The number of benzene rings is 2. The quantitative estimate of drug-likeness (QED) is 0.329. The number of halogens is 1. The van der Waals surface area contributed by atoms with E-state index in [2.05, 4.69) is 44.0 Å². The second-order valence-electron chi connectivity index (χ2n) is 7.79. The number of hydrogen-bond acceptors (Lipinski definition) is 7. The highest BCUT2D eigenvalue weighted by atomic mass is 79.9. The number of carbonyl (C=O) groups is 1. The molecule has 0 saturated heterocycles. The maximum absolute atomic E-state index is 13.0. The second kappa shape index (κ2) is 10.1. The third-order valence-corrected chi connectivity index (χ3v) is 5.97. The Balaban J connectivity index is 1.73. The fourth-order valence-electron chi connectivity index (χ4n) is 3.87. The van der Waals surface area contributed by atoms with Crippen molar-refractivity contribution in [3.63, 3.8) is 0 Å². The van der Waals surface area contributed by atoms with Gasteiger partial charge in [0.2, 0.25) is 5.95 Å². The molecule has 0 spiro atoms. The van der Waals surface area contributed by atoms with Gasteiger partial charge in [0, 0.05) is 5.70 Å². The summed E-state index contributed by atoms with van der Waals surface area (Å²) in [5.74, 6) is 1.15. The summed E-state index contributed by atoms with van der Waals surface area (Å²) >= 11 is 3.63. The molecule has 0 saturated carbocycles. The van der Waals surface area contributed by atoms with Gasteiger partial charge in [-0.1, -0.05) is 42.5 Å². The highest BCUT2D eigenvalue weighted by molar-refractivity contribution is 9.10. The number of methoxy groups -OCH3 is 1. The SMILES string of the molecule is C=CCOC(=O)C1=C(C)Nc2ncnn2C1c1cc(Br)c(OCc2cccc(C)c2)c(OC)c1. The van der Waals surface area contributed by atoms with Crippen molar-refractivity contribution < 1.29 is 19.0 Å². The lowest BCUT2D eigenvalue weighted by Crippen LogP contribution is -2.29. The number of esters is 1. The molecule has 0 bridgehead atoms. The van der Waals surface area contributed by atoms with Gasteiger partial charge in [0.15, 0.2) is 11.5 Å². The molecule has 0 radical (unpaired) electrons. The predicted octanol–water partition coefficient (Wildman–Crippen LogP) is 4.95. The molecular weight excluding hydrogens is 500 g/mol. The lowest BCUT2D eigenvalue weighted by atomic mass is 9.95. The Morgan fingerprint density at radius 1 is 1.29 bits per heavy atom. The highest BCUT2D eigenvalue weighted by Gasteiger charge is 2.35. The van der Waals surface area contributed by atoms with E-state index in [1.807, 2.05) is 37.3 Å². The van der Waals surface area contributed by atoms with Gasteiger partial charge in [-0.15, -0.1) is 0 Å². The Morgan fingerprint density at radius 2 is 2.12 bits per heavy atom. The molecule has 176 valence electrons. The van der Waals surface area contributed by atoms with E-state index in [-0.39, 0.29) is 6.61 Å². The van der Waals surface area contributed by atoms with Crippen LogP contribution in [0, 0.1) is 6.92 Å². The van der Waals surface area contributed by atoms with E-state index >= 15 is 0 Å². The van der Waals surface area contributed by atoms with Crippen LogP contribution in [-0.2, 0) is 16.1 Å². The molecule has 8 nitrogen and oxygen atoms in total. The summed E-state index contributed by atoms with van der Waals surface area (Å²) in [6, 6.07) is 11.3. The zero-order valence-electron chi connectivity index (χ0n) is 19.2. The number of anilines is 1. The number of aromatic nitrogens is 3. The Bertz CT molecular complexity index is 1270. The summed E-state index contributed by atoms with van der Waals surface area (Å²) < 4.78 is 19.5. The van der Waals surface area contributed by atoms with Crippen LogP contribution in [0.15, 0.2) is 71.1 Å². The number of nitrogens with zero attached hydrogens (tertiary/aromatic N) is 3. The third kappa shape index (κ3) is 4.70. The first-order valence-electron chi connectivity index (χ1n) is 10.6. The average molecular weight is 525 g/mol. The predicted molar refractivity (Wildman–Crippen MR) is 132 cm³/mol. The molecular formula is C25H25BrN4O4. The van der Waals surface area contributed by atoms with E-state index in [0.717, 1.165) is 16.7 Å². The number of hydrogen-bond donors (Lipinski definition) is 1. The first kappa shape index (κ1) is 23.6. The summed E-state index contributed by atoms with van der Waals surface area (Å²) in [5.41, 5.74) is 4.02. The number of carbonyl (C=O) groups excluding carboxylic acids is 1. The summed E-state index contributed by atoms with van der Waals surface area (Å²) in [5, 5.41) is 7.47. The van der Waals surface area contributed by atoms with Crippen LogP contribution < -0.4 is 14.8 Å². The van der Waals surface area contributed by atoms with E-state index in [1.165, 1.54) is 12.4 Å². The first-order valence-corrected chi connectivity index (χ1v) is 11.4. The van der Waals surface area contributed by atoms with Crippen molar-refractivity contribution in [3.8, 4) is 11.5 Å². The third-order valence-electron chi connectivity index (χ3n) is 5.38. The van der Waals surface area contributed by atoms with E-state index in [0.29, 0.717) is 39.8 Å². The van der Waals surface area contributed by atoms with Crippen molar-refractivity contribution >= 4 is 27.8 Å². The maximum Gasteiger partial charge on any atom is 0.338 e. The number of nitrogens with one attached hydrogen (secondary N) is 1. The van der Waals surface area contributed by atoms with Crippen LogP contribution in [0.25, 0.3) is 0 Å². The van der Waals surface area contributed by atoms with Gasteiger partial charge in [-0.2, -0.15) is 10.1 Å². The monoisotopic (exact) mass is 524 g/mol. The van der Waals surface area contributed by atoms with Crippen molar-refractivity contribution in [2.45, 2.75) is 26.5 Å². The van der Waals surface area contributed by atoms with Crippen LogP contribution in [0.2, 0.25) is 0 Å². The molecule has 34 heavy (non-hydrogen) atoms. The average Bonchev–Trinajstić information content (AvgIpc) is 3.28. The number of ether oxygens (including phenoxy) is 3. The number of aryl methyl sites for hydroxylation is 1. The number of fused-ring (bicyclic) bond motifs is 1. The summed E-state index contributed by atoms with van der Waals surface area (Å²) in [4.78, 5) is 17.2. The van der Waals surface area contributed by atoms with Crippen LogP contribution in [0.1, 0.15) is 29.7 Å². The molecule has 1 aliphatic rings. The number of rotatable bonds is 8. The largest absolute Gasteiger partial charge is 0.493 e. The Kier molecular flexibility index (Phi) is 7.02. The Hall–Kier alpha value is -3.59. The lowest BCUT2D eigenvalue weighted by molar-refractivity contribution is -0.138. The van der Waals surface area contributed by atoms with Crippen LogP contribution in [0.4, 0.5) is 5.95 Å². The maximum atomic E-state index is 13.0. The van der Waals surface area contributed by atoms with Gasteiger partial charge >= 0.3 is 5.97 Å². The van der Waals surface area contributed by atoms with E-state index in [1.54, 1.807) is 18.7 Å². The minimum absolute atomic E-state index is 0.102. The molecule has 0 aliphatic carbocycles. The van der Waals surface area contributed by atoms with Crippen molar-refractivity contribution in [1.29, 1.82) is 0 Å². The van der Waals surface area contributed by atoms with Gasteiger partial charge in [-0.3, -0.25) is 0 Å². The smallest absolute Gasteiger partial charge is 0.338 e. The fraction of sp³-hybridized carbons (Fsp3) is 0.240. The van der Waals surface area contributed by atoms with Crippen LogP contribution in [0.3, 0.4) is 0 Å². The minimum atomic E-state index is -0.577. The molecule has 0 fully saturated rings.